The summed E-state index contributed by atoms with van der Waals surface area (Å²) >= 11 is 0. The molecule has 1 atom stereocenters. The Balaban J connectivity index is 4.30. The molecular weight excluding hydrogens is 865 g/mol. The van der Waals surface area contributed by atoms with Crippen molar-refractivity contribution in [2.45, 2.75) is 316 Å². The van der Waals surface area contributed by atoms with E-state index in [-0.39, 0.29) is 37.5 Å². The summed E-state index contributed by atoms with van der Waals surface area (Å²) in [5.74, 6) is -0.977. The largest absolute Gasteiger partial charge is 0.462 e. The molecule has 0 amide bonds. The van der Waals surface area contributed by atoms with Crippen LogP contribution in [0.2, 0.25) is 0 Å². The molecule has 0 saturated carbocycles. The fraction of sp³-hybridized carbons (Fsp3) is 0.797. The van der Waals surface area contributed by atoms with Crippen LogP contribution in [0.25, 0.3) is 0 Å². The zero-order chi connectivity index (χ0) is 50.7. The van der Waals surface area contributed by atoms with Gasteiger partial charge >= 0.3 is 17.9 Å². The van der Waals surface area contributed by atoms with Gasteiger partial charge in [0.25, 0.3) is 0 Å². The van der Waals surface area contributed by atoms with Crippen LogP contribution in [-0.2, 0) is 28.6 Å². The molecule has 6 nitrogen and oxygen atoms in total. The van der Waals surface area contributed by atoms with Gasteiger partial charge in [-0.2, -0.15) is 0 Å². The number of esters is 3. The van der Waals surface area contributed by atoms with Crippen LogP contribution in [0.3, 0.4) is 0 Å². The number of hydrogen-bond acceptors (Lipinski definition) is 6. The summed E-state index contributed by atoms with van der Waals surface area (Å²) in [6, 6.07) is 0. The molecule has 0 aliphatic heterocycles. The normalized spacial score (nSPS) is 12.4. The molecule has 0 bridgehead atoms. The second-order valence-corrected chi connectivity index (χ2v) is 20.2. The van der Waals surface area contributed by atoms with E-state index in [1.165, 1.54) is 186 Å². The predicted molar refractivity (Wildman–Crippen MR) is 302 cm³/mol. The molecule has 406 valence electrons. The SMILES string of the molecule is CC/C=C\C/C=C\C/C=C\C/C=C\CCC(=O)OCC(COC(=O)CCCCCCCCCCCCCCCCCCCCCCCCCC)OC(=O)CCCCCCC/C=C\CCCCCCCC. The Morgan fingerprint density at radius 1 is 0.300 bits per heavy atom. The molecule has 0 N–H and O–H groups in total. The van der Waals surface area contributed by atoms with E-state index in [1.807, 2.05) is 6.08 Å². The second-order valence-electron chi connectivity index (χ2n) is 20.2. The first-order valence-corrected chi connectivity index (χ1v) is 30.3. The standard InChI is InChI=1S/C64H114O6/c1-4-7-10-13-16-19-22-25-27-28-29-30-31-32-33-34-35-37-39-42-45-48-51-54-57-63(66)69-60-61(59-68-62(65)56-53-50-47-44-41-38-24-21-18-15-12-9-6-3)70-64(67)58-55-52-49-46-43-40-36-26-23-20-17-14-11-8-5-2/h9,12,18,21,26,36,38,41,47,50,61H,4-8,10-11,13-17,19-20,22-25,27-35,37,39-40,42-46,48-49,51-60H2,1-3H3/b12-9-,21-18-,36-26-,41-38-,50-47-. The Bertz CT molecular complexity index is 1260. The van der Waals surface area contributed by atoms with Crippen molar-refractivity contribution in [1.29, 1.82) is 0 Å². The van der Waals surface area contributed by atoms with Gasteiger partial charge in [-0.25, -0.2) is 0 Å². The van der Waals surface area contributed by atoms with E-state index in [2.05, 4.69) is 75.5 Å². The maximum Gasteiger partial charge on any atom is 0.306 e. The van der Waals surface area contributed by atoms with E-state index >= 15 is 0 Å². The average Bonchev–Trinajstić information content (AvgIpc) is 3.36. The minimum Gasteiger partial charge on any atom is -0.462 e. The molecule has 0 rings (SSSR count). The molecule has 0 fully saturated rings. The van der Waals surface area contributed by atoms with E-state index in [0.29, 0.717) is 19.3 Å². The molecule has 6 heteroatoms. The van der Waals surface area contributed by atoms with Crippen molar-refractivity contribution < 1.29 is 28.6 Å². The van der Waals surface area contributed by atoms with Gasteiger partial charge in [0, 0.05) is 19.3 Å². The third-order valence-corrected chi connectivity index (χ3v) is 13.3. The molecular formula is C64H114O6. The number of carbonyl (C=O) groups is 3. The number of rotatable bonds is 55. The smallest absolute Gasteiger partial charge is 0.306 e. The van der Waals surface area contributed by atoms with E-state index < -0.39 is 6.10 Å². The topological polar surface area (TPSA) is 78.9 Å². The third-order valence-electron chi connectivity index (χ3n) is 13.3. The van der Waals surface area contributed by atoms with Crippen molar-refractivity contribution in [3.05, 3.63) is 60.8 Å². The Labute approximate surface area is 434 Å². The number of hydrogen-bond donors (Lipinski definition) is 0. The molecule has 0 saturated heterocycles. The van der Waals surface area contributed by atoms with Crippen molar-refractivity contribution in [1.82, 2.24) is 0 Å². The first-order valence-electron chi connectivity index (χ1n) is 30.3. The van der Waals surface area contributed by atoms with Gasteiger partial charge in [-0.05, 0) is 70.6 Å². The van der Waals surface area contributed by atoms with E-state index in [4.69, 9.17) is 14.2 Å². The average molecular weight is 980 g/mol. The number of unbranched alkanes of at least 4 members (excludes halogenated alkanes) is 34. The van der Waals surface area contributed by atoms with Crippen LogP contribution in [0.4, 0.5) is 0 Å². The summed E-state index contributed by atoms with van der Waals surface area (Å²) in [7, 11) is 0. The Hall–Kier alpha value is -2.89. The summed E-state index contributed by atoms with van der Waals surface area (Å²) in [6.07, 6.45) is 73.9. The molecule has 0 aliphatic rings. The van der Waals surface area contributed by atoms with Crippen molar-refractivity contribution in [2.24, 2.45) is 0 Å². The molecule has 0 aromatic carbocycles. The summed E-state index contributed by atoms with van der Waals surface area (Å²) in [6.45, 7) is 6.48. The van der Waals surface area contributed by atoms with Crippen molar-refractivity contribution in [2.75, 3.05) is 13.2 Å². The Morgan fingerprint density at radius 2 is 0.586 bits per heavy atom. The maximum absolute atomic E-state index is 12.8. The fourth-order valence-corrected chi connectivity index (χ4v) is 8.75. The van der Waals surface area contributed by atoms with Gasteiger partial charge in [0.15, 0.2) is 6.10 Å². The predicted octanol–water partition coefficient (Wildman–Crippen LogP) is 20.4. The summed E-state index contributed by atoms with van der Waals surface area (Å²) in [5.41, 5.74) is 0. The van der Waals surface area contributed by atoms with Crippen LogP contribution in [0, 0.1) is 0 Å². The maximum atomic E-state index is 12.8. The van der Waals surface area contributed by atoms with Gasteiger partial charge in [0.1, 0.15) is 13.2 Å². The Morgan fingerprint density at radius 3 is 0.957 bits per heavy atom. The highest BCUT2D eigenvalue weighted by Crippen LogP contribution is 2.17. The van der Waals surface area contributed by atoms with Crippen molar-refractivity contribution in [3.63, 3.8) is 0 Å². The van der Waals surface area contributed by atoms with Crippen LogP contribution < -0.4 is 0 Å². The van der Waals surface area contributed by atoms with Crippen LogP contribution in [0.15, 0.2) is 60.8 Å². The quantitative estimate of drug-likeness (QED) is 0.0261. The van der Waals surface area contributed by atoms with Gasteiger partial charge in [0.2, 0.25) is 0 Å². The minimum absolute atomic E-state index is 0.0967. The van der Waals surface area contributed by atoms with Gasteiger partial charge in [-0.3, -0.25) is 14.4 Å². The summed E-state index contributed by atoms with van der Waals surface area (Å²) < 4.78 is 16.8. The number of allylic oxidation sites excluding steroid dienone is 10. The fourth-order valence-electron chi connectivity index (χ4n) is 8.75. The second kappa shape index (κ2) is 58.7. The third kappa shape index (κ3) is 56.0. The number of carbonyl (C=O) groups excluding carboxylic acids is 3. The van der Waals surface area contributed by atoms with Gasteiger partial charge < -0.3 is 14.2 Å². The van der Waals surface area contributed by atoms with Gasteiger partial charge in [0.05, 0.1) is 0 Å². The molecule has 0 radical (unpaired) electrons. The monoisotopic (exact) mass is 979 g/mol. The lowest BCUT2D eigenvalue weighted by Gasteiger charge is -2.18. The van der Waals surface area contributed by atoms with Crippen LogP contribution in [-0.4, -0.2) is 37.2 Å². The lowest BCUT2D eigenvalue weighted by Crippen LogP contribution is -2.30. The van der Waals surface area contributed by atoms with E-state index in [0.717, 1.165) is 77.0 Å². The molecule has 1 unspecified atom stereocenters. The molecule has 0 spiro atoms. The van der Waals surface area contributed by atoms with Crippen LogP contribution in [0.5, 0.6) is 0 Å². The molecule has 0 heterocycles. The highest BCUT2D eigenvalue weighted by atomic mass is 16.6. The first-order chi connectivity index (χ1) is 34.5. The minimum atomic E-state index is -0.805. The highest BCUT2D eigenvalue weighted by Gasteiger charge is 2.19. The van der Waals surface area contributed by atoms with Gasteiger partial charge in [-0.1, -0.05) is 281 Å². The lowest BCUT2D eigenvalue weighted by atomic mass is 10.0. The summed E-state index contributed by atoms with van der Waals surface area (Å²) in [4.78, 5) is 38.1. The number of ether oxygens (including phenoxy) is 3. The molecule has 70 heavy (non-hydrogen) atoms. The lowest BCUT2D eigenvalue weighted by molar-refractivity contribution is -0.166. The first kappa shape index (κ1) is 67.1. The highest BCUT2D eigenvalue weighted by molar-refractivity contribution is 5.71. The van der Waals surface area contributed by atoms with Crippen molar-refractivity contribution in [3.8, 4) is 0 Å². The Kier molecular flexibility index (Phi) is 56.3. The molecule has 0 aromatic rings. The van der Waals surface area contributed by atoms with Crippen molar-refractivity contribution >= 4 is 17.9 Å². The van der Waals surface area contributed by atoms with E-state index in [1.54, 1.807) is 0 Å². The van der Waals surface area contributed by atoms with Crippen LogP contribution >= 0.6 is 0 Å². The van der Waals surface area contributed by atoms with Gasteiger partial charge in [-0.15, -0.1) is 0 Å². The summed E-state index contributed by atoms with van der Waals surface area (Å²) in [5, 5.41) is 0. The van der Waals surface area contributed by atoms with Crippen LogP contribution in [0.1, 0.15) is 310 Å². The van der Waals surface area contributed by atoms with E-state index in [9.17, 15) is 14.4 Å². The molecule has 0 aromatic heterocycles. The zero-order valence-electron chi connectivity index (χ0n) is 46.5. The molecule has 0 aliphatic carbocycles. The zero-order valence-corrected chi connectivity index (χ0v) is 46.5.